The van der Waals surface area contributed by atoms with Crippen molar-refractivity contribution in [1.82, 2.24) is 0 Å². The molecule has 0 aliphatic rings. The van der Waals surface area contributed by atoms with Crippen molar-refractivity contribution in [2.45, 2.75) is 10.1 Å². The van der Waals surface area contributed by atoms with E-state index in [-0.39, 0.29) is 5.91 Å². The summed E-state index contributed by atoms with van der Waals surface area (Å²) < 4.78 is 4.80. The van der Waals surface area contributed by atoms with Crippen LogP contribution in [0.15, 0.2) is 83.8 Å². The van der Waals surface area contributed by atoms with E-state index in [9.17, 15) is 9.59 Å². The van der Waals surface area contributed by atoms with Crippen molar-refractivity contribution in [2.75, 3.05) is 18.2 Å². The molecule has 0 aliphatic heterocycles. The van der Waals surface area contributed by atoms with Gasteiger partial charge in [-0.3, -0.25) is 4.79 Å². The number of rotatable bonds is 6. The number of thioether (sulfide) groups is 1. The lowest BCUT2D eigenvalue weighted by Crippen LogP contribution is -2.20. The number of carbonyl (C=O) groups is 2. The number of methoxy groups -OCH3 is 1. The fourth-order valence-electron chi connectivity index (χ4n) is 2.66. The predicted molar refractivity (Wildman–Crippen MR) is 112 cm³/mol. The molecule has 3 aromatic rings. The van der Waals surface area contributed by atoms with Crippen molar-refractivity contribution in [1.29, 1.82) is 0 Å². The van der Waals surface area contributed by atoms with Crippen LogP contribution in [0, 0.1) is 0 Å². The van der Waals surface area contributed by atoms with Gasteiger partial charge in [-0.05, 0) is 42.0 Å². The van der Waals surface area contributed by atoms with Crippen LogP contribution in [-0.2, 0) is 9.53 Å². The van der Waals surface area contributed by atoms with Gasteiger partial charge in [-0.2, -0.15) is 0 Å². The SMILES string of the molecule is COC(=O)c1ccccc1NC(=O)C(Sc1ccc(N)cc1)c1ccccc1. The van der Waals surface area contributed by atoms with Crippen molar-refractivity contribution < 1.29 is 14.3 Å². The first-order valence-electron chi connectivity index (χ1n) is 8.64. The highest BCUT2D eigenvalue weighted by atomic mass is 32.2. The summed E-state index contributed by atoms with van der Waals surface area (Å²) in [6.45, 7) is 0. The number of benzene rings is 3. The molecular formula is C22H20N2O3S. The van der Waals surface area contributed by atoms with Crippen LogP contribution in [0.1, 0.15) is 21.2 Å². The summed E-state index contributed by atoms with van der Waals surface area (Å²) >= 11 is 1.41. The highest BCUT2D eigenvalue weighted by Crippen LogP contribution is 2.36. The van der Waals surface area contributed by atoms with Crippen LogP contribution in [0.25, 0.3) is 0 Å². The minimum absolute atomic E-state index is 0.232. The molecule has 3 N–H and O–H groups in total. The normalized spacial score (nSPS) is 11.5. The first-order chi connectivity index (χ1) is 13.6. The molecule has 0 aliphatic carbocycles. The molecule has 3 aromatic carbocycles. The zero-order valence-corrected chi connectivity index (χ0v) is 16.1. The highest BCUT2D eigenvalue weighted by Gasteiger charge is 2.24. The smallest absolute Gasteiger partial charge is 0.339 e. The molecule has 5 nitrogen and oxygen atoms in total. The average molecular weight is 392 g/mol. The van der Waals surface area contributed by atoms with Crippen molar-refractivity contribution in [3.8, 4) is 0 Å². The third-order valence-electron chi connectivity index (χ3n) is 4.06. The summed E-state index contributed by atoms with van der Waals surface area (Å²) in [6, 6.07) is 23.6. The Labute approximate surface area is 167 Å². The van der Waals surface area contributed by atoms with Crippen LogP contribution in [0.3, 0.4) is 0 Å². The van der Waals surface area contributed by atoms with E-state index in [4.69, 9.17) is 10.5 Å². The van der Waals surface area contributed by atoms with Gasteiger partial charge in [0.25, 0.3) is 0 Å². The fraction of sp³-hybridized carbons (Fsp3) is 0.0909. The predicted octanol–water partition coefficient (Wildman–Crippen LogP) is 4.53. The molecule has 0 spiro atoms. The number of nitrogens with one attached hydrogen (secondary N) is 1. The Morgan fingerprint density at radius 2 is 1.57 bits per heavy atom. The zero-order valence-electron chi connectivity index (χ0n) is 15.3. The molecule has 0 saturated heterocycles. The molecule has 0 saturated carbocycles. The number of carbonyl (C=O) groups excluding carboxylic acids is 2. The average Bonchev–Trinajstić information content (AvgIpc) is 2.73. The van der Waals surface area contributed by atoms with Crippen LogP contribution in [0.5, 0.6) is 0 Å². The molecule has 1 atom stereocenters. The van der Waals surface area contributed by atoms with E-state index < -0.39 is 11.2 Å². The van der Waals surface area contributed by atoms with Crippen LogP contribution in [0.4, 0.5) is 11.4 Å². The van der Waals surface area contributed by atoms with Crippen molar-refractivity contribution in [2.24, 2.45) is 0 Å². The largest absolute Gasteiger partial charge is 0.465 e. The quantitative estimate of drug-likeness (QED) is 0.366. The lowest BCUT2D eigenvalue weighted by Gasteiger charge is -2.18. The second kappa shape index (κ2) is 9.10. The van der Waals surface area contributed by atoms with Crippen molar-refractivity contribution >= 4 is 35.0 Å². The maximum atomic E-state index is 13.1. The summed E-state index contributed by atoms with van der Waals surface area (Å²) in [6.07, 6.45) is 0. The lowest BCUT2D eigenvalue weighted by molar-refractivity contribution is -0.115. The first-order valence-corrected chi connectivity index (χ1v) is 9.52. The van der Waals surface area contributed by atoms with Gasteiger partial charge in [0.15, 0.2) is 0 Å². The third-order valence-corrected chi connectivity index (χ3v) is 5.33. The molecule has 1 amide bonds. The van der Waals surface area contributed by atoms with Crippen LogP contribution < -0.4 is 11.1 Å². The molecule has 0 fully saturated rings. The number of nitrogens with two attached hydrogens (primary N) is 1. The van der Waals surface area contributed by atoms with E-state index in [0.717, 1.165) is 10.5 Å². The van der Waals surface area contributed by atoms with Crippen molar-refractivity contribution in [3.05, 3.63) is 90.0 Å². The third kappa shape index (κ3) is 4.72. The van der Waals surface area contributed by atoms with Gasteiger partial charge in [0, 0.05) is 10.6 Å². The number of ether oxygens (including phenoxy) is 1. The van der Waals surface area contributed by atoms with Crippen LogP contribution >= 0.6 is 11.8 Å². The fourth-order valence-corrected chi connectivity index (χ4v) is 3.69. The molecule has 0 heterocycles. The molecule has 0 radical (unpaired) electrons. The number of anilines is 2. The Balaban J connectivity index is 1.89. The molecule has 142 valence electrons. The van der Waals surface area contributed by atoms with Gasteiger partial charge >= 0.3 is 5.97 Å². The summed E-state index contributed by atoms with van der Waals surface area (Å²) in [5.74, 6) is -0.734. The Bertz CT molecular complexity index is 959. The Kier molecular flexibility index (Phi) is 6.34. The number of nitrogen functional groups attached to an aromatic ring is 1. The van der Waals surface area contributed by atoms with Crippen molar-refractivity contribution in [3.63, 3.8) is 0 Å². The number of para-hydroxylation sites is 1. The Morgan fingerprint density at radius 3 is 2.25 bits per heavy atom. The molecule has 6 heteroatoms. The monoisotopic (exact) mass is 392 g/mol. The van der Waals surface area contributed by atoms with E-state index in [1.165, 1.54) is 18.9 Å². The van der Waals surface area contributed by atoms with Gasteiger partial charge in [0.2, 0.25) is 5.91 Å². The molecule has 3 rings (SSSR count). The summed E-state index contributed by atoms with van der Waals surface area (Å²) in [7, 11) is 1.31. The molecule has 28 heavy (non-hydrogen) atoms. The maximum absolute atomic E-state index is 13.1. The summed E-state index contributed by atoms with van der Waals surface area (Å²) in [5.41, 5.74) is 8.00. The van der Waals surface area contributed by atoms with Gasteiger partial charge in [0.05, 0.1) is 18.4 Å². The minimum Gasteiger partial charge on any atom is -0.465 e. The topological polar surface area (TPSA) is 81.4 Å². The Morgan fingerprint density at radius 1 is 0.929 bits per heavy atom. The van der Waals surface area contributed by atoms with Gasteiger partial charge in [-0.1, -0.05) is 42.5 Å². The lowest BCUT2D eigenvalue weighted by atomic mass is 10.1. The molecule has 0 bridgehead atoms. The van der Waals surface area contributed by atoms with Gasteiger partial charge in [-0.15, -0.1) is 11.8 Å². The number of hydrogen-bond donors (Lipinski definition) is 2. The number of esters is 1. The molecule has 0 aromatic heterocycles. The second-order valence-corrected chi connectivity index (χ2v) is 7.18. The van der Waals surface area contributed by atoms with Gasteiger partial charge in [-0.25, -0.2) is 4.79 Å². The second-order valence-electron chi connectivity index (χ2n) is 6.00. The van der Waals surface area contributed by atoms with E-state index in [0.29, 0.717) is 16.9 Å². The highest BCUT2D eigenvalue weighted by molar-refractivity contribution is 8.00. The van der Waals surface area contributed by atoms with Gasteiger partial charge in [0.1, 0.15) is 5.25 Å². The van der Waals surface area contributed by atoms with Gasteiger partial charge < -0.3 is 15.8 Å². The van der Waals surface area contributed by atoms with E-state index in [1.54, 1.807) is 36.4 Å². The number of hydrogen-bond acceptors (Lipinski definition) is 5. The maximum Gasteiger partial charge on any atom is 0.339 e. The Hall–Kier alpha value is -3.25. The molecule has 1 unspecified atom stereocenters. The van der Waals surface area contributed by atoms with Crippen LogP contribution in [-0.4, -0.2) is 19.0 Å². The standard InChI is InChI=1S/C22H20N2O3S/c1-27-22(26)18-9-5-6-10-19(18)24-21(25)20(15-7-3-2-4-8-15)28-17-13-11-16(23)12-14-17/h2-14,20H,23H2,1H3,(H,24,25). The van der Waals surface area contributed by atoms with E-state index >= 15 is 0 Å². The zero-order chi connectivity index (χ0) is 19.9. The van der Waals surface area contributed by atoms with E-state index in [1.807, 2.05) is 42.5 Å². The van der Waals surface area contributed by atoms with E-state index in [2.05, 4.69) is 5.32 Å². The summed E-state index contributed by atoms with van der Waals surface area (Å²) in [4.78, 5) is 26.0. The summed E-state index contributed by atoms with van der Waals surface area (Å²) in [5, 5.41) is 2.37. The first kappa shape index (κ1) is 19.5. The molecular weight excluding hydrogens is 372 g/mol. The van der Waals surface area contributed by atoms with Crippen LogP contribution in [0.2, 0.25) is 0 Å². The minimum atomic E-state index is -0.504. The number of amides is 1.